The van der Waals surface area contributed by atoms with Crippen LogP contribution >= 0.6 is 0 Å². The lowest BCUT2D eigenvalue weighted by molar-refractivity contribution is 0.0499. The Morgan fingerprint density at radius 1 is 1.18 bits per heavy atom. The summed E-state index contributed by atoms with van der Waals surface area (Å²) in [6.45, 7) is 6.18. The van der Waals surface area contributed by atoms with Crippen LogP contribution in [-0.4, -0.2) is 41.5 Å². The number of amides is 1. The van der Waals surface area contributed by atoms with Crippen molar-refractivity contribution in [3.63, 3.8) is 0 Å². The van der Waals surface area contributed by atoms with Crippen molar-refractivity contribution in [1.29, 1.82) is 0 Å². The minimum Gasteiger partial charge on any atom is -0.462 e. The number of unbranched alkanes of at least 4 members (excludes halogenated alkanes) is 1. The van der Waals surface area contributed by atoms with Gasteiger partial charge in [-0.15, -0.1) is 0 Å². The minimum absolute atomic E-state index is 0.274. The molecule has 1 aromatic heterocycles. The molecule has 148 valence electrons. The molecule has 28 heavy (non-hydrogen) atoms. The molecule has 2 aromatic rings. The number of nitrogens with one attached hydrogen (secondary N) is 1. The fourth-order valence-electron chi connectivity index (χ4n) is 3.03. The number of esters is 1. The molecule has 1 aromatic carbocycles. The lowest BCUT2D eigenvalue weighted by atomic mass is 10.2. The van der Waals surface area contributed by atoms with Gasteiger partial charge in [-0.05, 0) is 50.5 Å². The molecule has 7 heteroatoms. The minimum atomic E-state index is -0.354. The highest BCUT2D eigenvalue weighted by molar-refractivity contribution is 6.05. The zero-order valence-electron chi connectivity index (χ0n) is 16.4. The Kier molecular flexibility index (Phi) is 6.57. The quantitative estimate of drug-likeness (QED) is 0.582. The Morgan fingerprint density at radius 3 is 2.54 bits per heavy atom. The van der Waals surface area contributed by atoms with E-state index in [2.05, 4.69) is 20.2 Å². The van der Waals surface area contributed by atoms with Gasteiger partial charge < -0.3 is 15.0 Å². The number of rotatable bonds is 7. The summed E-state index contributed by atoms with van der Waals surface area (Å²) in [5, 5.41) is 2.82. The molecule has 1 aliphatic heterocycles. The van der Waals surface area contributed by atoms with Crippen molar-refractivity contribution in [1.82, 2.24) is 9.97 Å². The Hall–Kier alpha value is -2.96. The standard InChI is InChI=1S/C21H26N4O3/c1-3-4-13-28-20(27)16-7-9-17(10-8-16)24-19(26)18-14-22-21(23-15(18)2)25-11-5-6-12-25/h7-10,14H,3-6,11-13H2,1-2H3,(H,24,26). The van der Waals surface area contributed by atoms with Gasteiger partial charge in [0.25, 0.3) is 5.91 Å². The number of hydrogen-bond acceptors (Lipinski definition) is 6. The molecule has 0 atom stereocenters. The first-order chi connectivity index (χ1) is 13.6. The molecule has 7 nitrogen and oxygen atoms in total. The number of benzene rings is 1. The van der Waals surface area contributed by atoms with Crippen LogP contribution in [0.25, 0.3) is 0 Å². The van der Waals surface area contributed by atoms with E-state index >= 15 is 0 Å². The van der Waals surface area contributed by atoms with E-state index in [9.17, 15) is 9.59 Å². The largest absolute Gasteiger partial charge is 0.462 e. The first-order valence-electron chi connectivity index (χ1n) is 9.75. The van der Waals surface area contributed by atoms with Gasteiger partial charge in [-0.2, -0.15) is 0 Å². The molecule has 1 saturated heterocycles. The molecule has 2 heterocycles. The molecule has 0 radical (unpaired) electrons. The van der Waals surface area contributed by atoms with Gasteiger partial charge in [-0.1, -0.05) is 13.3 Å². The van der Waals surface area contributed by atoms with Crippen LogP contribution in [-0.2, 0) is 4.74 Å². The maximum Gasteiger partial charge on any atom is 0.338 e. The topological polar surface area (TPSA) is 84.4 Å². The summed E-state index contributed by atoms with van der Waals surface area (Å²) >= 11 is 0. The SMILES string of the molecule is CCCCOC(=O)c1ccc(NC(=O)c2cnc(N3CCCC3)nc2C)cc1. The average molecular weight is 382 g/mol. The first-order valence-corrected chi connectivity index (χ1v) is 9.75. The molecule has 1 N–H and O–H groups in total. The van der Waals surface area contributed by atoms with Crippen molar-refractivity contribution in [2.75, 3.05) is 29.9 Å². The zero-order valence-corrected chi connectivity index (χ0v) is 16.4. The summed E-state index contributed by atoms with van der Waals surface area (Å²) in [6.07, 6.45) is 5.68. The van der Waals surface area contributed by atoms with Crippen LogP contribution in [0.3, 0.4) is 0 Å². The zero-order chi connectivity index (χ0) is 19.9. The number of hydrogen-bond donors (Lipinski definition) is 1. The molecule has 0 saturated carbocycles. The van der Waals surface area contributed by atoms with Gasteiger partial charge in [-0.3, -0.25) is 4.79 Å². The van der Waals surface area contributed by atoms with Gasteiger partial charge in [0, 0.05) is 25.0 Å². The molecule has 0 unspecified atom stereocenters. The van der Waals surface area contributed by atoms with E-state index in [0.717, 1.165) is 38.8 Å². The van der Waals surface area contributed by atoms with Gasteiger partial charge in [0.05, 0.1) is 23.4 Å². The van der Waals surface area contributed by atoms with Gasteiger partial charge in [0.1, 0.15) is 0 Å². The molecule has 0 bridgehead atoms. The van der Waals surface area contributed by atoms with Crippen LogP contribution in [0.2, 0.25) is 0 Å². The Bertz CT molecular complexity index is 830. The number of ether oxygens (including phenoxy) is 1. The molecule has 1 fully saturated rings. The van der Waals surface area contributed by atoms with Crippen LogP contribution in [0.4, 0.5) is 11.6 Å². The second kappa shape index (κ2) is 9.30. The highest BCUT2D eigenvalue weighted by Crippen LogP contribution is 2.18. The highest BCUT2D eigenvalue weighted by Gasteiger charge is 2.18. The molecule has 0 spiro atoms. The fraction of sp³-hybridized carbons (Fsp3) is 0.429. The third-order valence-corrected chi connectivity index (χ3v) is 4.71. The van der Waals surface area contributed by atoms with Crippen LogP contribution < -0.4 is 10.2 Å². The van der Waals surface area contributed by atoms with Gasteiger partial charge in [0.15, 0.2) is 0 Å². The summed E-state index contributed by atoms with van der Waals surface area (Å²) in [4.78, 5) is 35.5. The van der Waals surface area contributed by atoms with E-state index in [1.807, 2.05) is 13.8 Å². The fourth-order valence-corrected chi connectivity index (χ4v) is 3.03. The van der Waals surface area contributed by atoms with Crippen LogP contribution in [0.1, 0.15) is 59.0 Å². The summed E-state index contributed by atoms with van der Waals surface area (Å²) in [5.41, 5.74) is 2.14. The molecular weight excluding hydrogens is 356 g/mol. The van der Waals surface area contributed by atoms with Crippen LogP contribution in [0.5, 0.6) is 0 Å². The first kappa shape index (κ1) is 19.8. The molecular formula is C21H26N4O3. The maximum atomic E-state index is 12.6. The maximum absolute atomic E-state index is 12.6. The second-order valence-electron chi connectivity index (χ2n) is 6.88. The monoisotopic (exact) mass is 382 g/mol. The number of anilines is 2. The lowest BCUT2D eigenvalue weighted by Crippen LogP contribution is -2.22. The molecule has 3 rings (SSSR count). The Morgan fingerprint density at radius 2 is 1.89 bits per heavy atom. The van der Waals surface area contributed by atoms with E-state index in [1.165, 1.54) is 0 Å². The van der Waals surface area contributed by atoms with Crippen molar-refractivity contribution in [2.45, 2.75) is 39.5 Å². The summed E-state index contributed by atoms with van der Waals surface area (Å²) in [6, 6.07) is 6.65. The average Bonchev–Trinajstić information content (AvgIpc) is 3.23. The third-order valence-electron chi connectivity index (χ3n) is 4.71. The predicted molar refractivity (Wildman–Crippen MR) is 108 cm³/mol. The molecule has 1 amide bonds. The number of nitrogens with zero attached hydrogens (tertiary/aromatic N) is 3. The second-order valence-corrected chi connectivity index (χ2v) is 6.88. The van der Waals surface area contributed by atoms with E-state index in [0.29, 0.717) is 35.1 Å². The third kappa shape index (κ3) is 4.85. The summed E-state index contributed by atoms with van der Waals surface area (Å²) in [7, 11) is 0. The van der Waals surface area contributed by atoms with Crippen molar-refractivity contribution in [3.05, 3.63) is 47.3 Å². The number of carbonyl (C=O) groups excluding carboxylic acids is 2. The number of aryl methyl sites for hydroxylation is 1. The molecule has 0 aliphatic carbocycles. The predicted octanol–water partition coefficient (Wildman–Crippen LogP) is 3.59. The van der Waals surface area contributed by atoms with Gasteiger partial charge >= 0.3 is 5.97 Å². The highest BCUT2D eigenvalue weighted by atomic mass is 16.5. The van der Waals surface area contributed by atoms with Crippen molar-refractivity contribution in [3.8, 4) is 0 Å². The van der Waals surface area contributed by atoms with Crippen molar-refractivity contribution in [2.24, 2.45) is 0 Å². The van der Waals surface area contributed by atoms with Gasteiger partial charge in [-0.25, -0.2) is 14.8 Å². The van der Waals surface area contributed by atoms with E-state index in [4.69, 9.17) is 4.74 Å². The smallest absolute Gasteiger partial charge is 0.338 e. The summed E-state index contributed by atoms with van der Waals surface area (Å²) < 4.78 is 5.18. The molecule has 1 aliphatic rings. The number of aromatic nitrogens is 2. The van der Waals surface area contributed by atoms with Crippen molar-refractivity contribution < 1.29 is 14.3 Å². The number of carbonyl (C=O) groups is 2. The normalized spacial score (nSPS) is 13.4. The van der Waals surface area contributed by atoms with E-state index in [1.54, 1.807) is 30.5 Å². The van der Waals surface area contributed by atoms with Gasteiger partial charge in [0.2, 0.25) is 5.95 Å². The van der Waals surface area contributed by atoms with Crippen LogP contribution in [0, 0.1) is 6.92 Å². The lowest BCUT2D eigenvalue weighted by Gasteiger charge is -2.16. The van der Waals surface area contributed by atoms with Crippen molar-refractivity contribution >= 4 is 23.5 Å². The summed E-state index contributed by atoms with van der Waals surface area (Å²) in [5.74, 6) is 0.0503. The Balaban J connectivity index is 1.62. The van der Waals surface area contributed by atoms with Crippen LogP contribution in [0.15, 0.2) is 30.5 Å². The van der Waals surface area contributed by atoms with E-state index < -0.39 is 0 Å². The van der Waals surface area contributed by atoms with E-state index in [-0.39, 0.29) is 11.9 Å². The Labute approximate surface area is 165 Å².